The lowest BCUT2D eigenvalue weighted by Crippen LogP contribution is -2.16. The molecular formula is C30H27NO4. The molecule has 5 rings (SSSR count). The molecule has 3 aromatic rings. The quantitative estimate of drug-likeness (QED) is 0.329. The number of ether oxygens (including phenoxy) is 1. The van der Waals surface area contributed by atoms with Crippen molar-refractivity contribution in [3.63, 3.8) is 0 Å². The zero-order valence-electron chi connectivity index (χ0n) is 20.3. The topological polar surface area (TPSA) is 68.5 Å². The summed E-state index contributed by atoms with van der Waals surface area (Å²) >= 11 is 0. The maximum absolute atomic E-state index is 13.1. The molecule has 2 aliphatic rings. The second kappa shape index (κ2) is 8.58. The number of Topliss-reactive ketones (excluding diaryl/α,β-unsaturated/α-hetero) is 2. The van der Waals surface area contributed by atoms with E-state index >= 15 is 0 Å². The van der Waals surface area contributed by atoms with E-state index in [0.29, 0.717) is 34.0 Å². The third-order valence-corrected chi connectivity index (χ3v) is 6.04. The van der Waals surface area contributed by atoms with E-state index in [1.165, 1.54) is 0 Å². The highest BCUT2D eigenvalue weighted by Gasteiger charge is 2.36. The summed E-state index contributed by atoms with van der Waals surface area (Å²) in [5, 5.41) is 4.29. The zero-order chi connectivity index (χ0) is 24.7. The first-order valence-corrected chi connectivity index (χ1v) is 11.7. The summed E-state index contributed by atoms with van der Waals surface area (Å²) in [7, 11) is 0. The molecule has 1 aliphatic carbocycles. The van der Waals surface area contributed by atoms with Crippen LogP contribution in [0, 0.1) is 5.41 Å². The van der Waals surface area contributed by atoms with Gasteiger partial charge in [-0.05, 0) is 55.0 Å². The Morgan fingerprint density at radius 3 is 2.29 bits per heavy atom. The smallest absolute Gasteiger partial charge is 0.198 e. The minimum atomic E-state index is -0.321. The van der Waals surface area contributed by atoms with Crippen molar-refractivity contribution in [2.45, 2.75) is 27.7 Å². The molecule has 1 aliphatic heterocycles. The van der Waals surface area contributed by atoms with Crippen molar-refractivity contribution in [1.82, 2.24) is 0 Å². The van der Waals surface area contributed by atoms with Crippen molar-refractivity contribution < 1.29 is 18.7 Å². The Hall–Kier alpha value is -4.12. The van der Waals surface area contributed by atoms with Crippen molar-refractivity contribution in [3.8, 4) is 0 Å². The van der Waals surface area contributed by atoms with E-state index < -0.39 is 0 Å². The molecule has 0 spiro atoms. The van der Waals surface area contributed by atoms with E-state index in [9.17, 15) is 9.59 Å². The molecule has 0 fully saturated rings. The van der Waals surface area contributed by atoms with Crippen molar-refractivity contribution in [3.05, 3.63) is 106 Å². The highest BCUT2D eigenvalue weighted by atomic mass is 16.5. The Kier molecular flexibility index (Phi) is 5.56. The largest absolute Gasteiger partial charge is 0.461 e. The highest BCUT2D eigenvalue weighted by molar-refractivity contribution is 6.40. The van der Waals surface area contributed by atoms with E-state index in [2.05, 4.69) is 5.32 Å². The first-order valence-electron chi connectivity index (χ1n) is 11.7. The number of carbonyl (C=O) groups is 2. The van der Waals surface area contributed by atoms with Crippen molar-refractivity contribution in [1.29, 1.82) is 0 Å². The molecule has 0 bridgehead atoms. The number of carbonyl (C=O) groups excluding carboxylic acids is 2. The van der Waals surface area contributed by atoms with Gasteiger partial charge in [-0.2, -0.15) is 0 Å². The monoisotopic (exact) mass is 465 g/mol. The first-order chi connectivity index (χ1) is 16.7. The van der Waals surface area contributed by atoms with Gasteiger partial charge in [0.05, 0.1) is 5.57 Å². The molecule has 5 nitrogen and oxygen atoms in total. The summed E-state index contributed by atoms with van der Waals surface area (Å²) in [4.78, 5) is 26.2. The molecule has 0 saturated carbocycles. The molecule has 176 valence electrons. The van der Waals surface area contributed by atoms with Crippen LogP contribution in [0.5, 0.6) is 0 Å². The van der Waals surface area contributed by atoms with Crippen molar-refractivity contribution >= 4 is 34.3 Å². The lowest BCUT2D eigenvalue weighted by atomic mass is 9.89. The van der Waals surface area contributed by atoms with E-state index in [1.807, 2.05) is 58.0 Å². The number of fused-ring (bicyclic) bond motifs is 2. The lowest BCUT2D eigenvalue weighted by molar-refractivity contribution is 0.0987. The van der Waals surface area contributed by atoms with Gasteiger partial charge < -0.3 is 14.5 Å². The molecule has 0 amide bonds. The Morgan fingerprint density at radius 2 is 1.63 bits per heavy atom. The Morgan fingerprint density at radius 1 is 0.914 bits per heavy atom. The van der Waals surface area contributed by atoms with Crippen LogP contribution in [-0.4, -0.2) is 18.1 Å². The van der Waals surface area contributed by atoms with Crippen LogP contribution in [0.15, 0.2) is 93.8 Å². The van der Waals surface area contributed by atoms with Gasteiger partial charge in [0, 0.05) is 40.2 Å². The van der Waals surface area contributed by atoms with Gasteiger partial charge in [0.2, 0.25) is 0 Å². The molecule has 0 atom stereocenters. The average Bonchev–Trinajstić information content (AvgIpc) is 3.35. The number of nitrogens with one attached hydrogen (secondary N) is 1. The highest BCUT2D eigenvalue weighted by Crippen LogP contribution is 2.37. The number of rotatable bonds is 4. The molecule has 5 heteroatoms. The Labute approximate surface area is 204 Å². The van der Waals surface area contributed by atoms with Crippen LogP contribution in [-0.2, 0) is 4.74 Å². The fraction of sp³-hybridized carbons (Fsp3) is 0.200. The summed E-state index contributed by atoms with van der Waals surface area (Å²) < 4.78 is 12.2. The zero-order valence-corrected chi connectivity index (χ0v) is 20.3. The number of hydrogen-bond acceptors (Lipinski definition) is 5. The van der Waals surface area contributed by atoms with E-state index in [1.54, 1.807) is 42.5 Å². The van der Waals surface area contributed by atoms with Crippen molar-refractivity contribution in [2.75, 3.05) is 11.9 Å². The first kappa shape index (κ1) is 22.7. The van der Waals surface area contributed by atoms with Gasteiger partial charge in [0.15, 0.2) is 11.6 Å². The summed E-state index contributed by atoms with van der Waals surface area (Å²) in [6.45, 7) is 8.97. The normalized spacial score (nSPS) is 16.0. The summed E-state index contributed by atoms with van der Waals surface area (Å²) in [6, 6.07) is 14.9. The third-order valence-electron chi connectivity index (χ3n) is 6.04. The van der Waals surface area contributed by atoms with Crippen LogP contribution >= 0.6 is 0 Å². The average molecular weight is 466 g/mol. The fourth-order valence-corrected chi connectivity index (χ4v) is 4.24. The second-order valence-corrected chi connectivity index (χ2v) is 9.71. The van der Waals surface area contributed by atoms with Gasteiger partial charge >= 0.3 is 0 Å². The molecule has 0 unspecified atom stereocenters. The predicted molar refractivity (Wildman–Crippen MR) is 138 cm³/mol. The molecule has 1 aromatic heterocycles. The minimum absolute atomic E-state index is 0.182. The standard InChI is InChI=1S/C30H27NO4/c1-5-31-20-11-10-18-14-21(34-25(18)17-20)12-13-22-15-19(16-26(35-22)30(2,3)4)27-28(32)23-8-6-7-9-24(23)29(27)33/h6-17,31H,5H2,1-4H3. The van der Waals surface area contributed by atoms with Crippen LogP contribution in [0.1, 0.15) is 54.2 Å². The van der Waals surface area contributed by atoms with E-state index in [0.717, 1.165) is 23.2 Å². The number of furan rings is 1. The summed E-state index contributed by atoms with van der Waals surface area (Å²) in [5.74, 6) is 1.39. The molecule has 0 saturated heterocycles. The van der Waals surface area contributed by atoms with Crippen LogP contribution in [0.2, 0.25) is 0 Å². The van der Waals surface area contributed by atoms with Crippen molar-refractivity contribution in [2.24, 2.45) is 5.41 Å². The van der Waals surface area contributed by atoms with Gasteiger partial charge in [0.25, 0.3) is 0 Å². The lowest BCUT2D eigenvalue weighted by Gasteiger charge is -2.27. The number of allylic oxidation sites excluding steroid dienone is 6. The maximum atomic E-state index is 13.1. The number of ketones is 2. The fourth-order valence-electron chi connectivity index (χ4n) is 4.24. The maximum Gasteiger partial charge on any atom is 0.198 e. The Bertz CT molecular complexity index is 1450. The van der Waals surface area contributed by atoms with E-state index in [-0.39, 0.29) is 22.6 Å². The number of anilines is 1. The third kappa shape index (κ3) is 4.26. The summed E-state index contributed by atoms with van der Waals surface area (Å²) in [6.07, 6.45) is 7.19. The van der Waals surface area contributed by atoms with Gasteiger partial charge in [-0.15, -0.1) is 0 Å². The molecule has 35 heavy (non-hydrogen) atoms. The molecular weight excluding hydrogens is 438 g/mol. The molecule has 1 N–H and O–H groups in total. The molecule has 0 radical (unpaired) electrons. The van der Waals surface area contributed by atoms with Crippen LogP contribution in [0.25, 0.3) is 17.0 Å². The SMILES string of the molecule is CCNc1ccc2cc(C=CC3=CC(=C4C(=O)c5ccccc5C4=O)C=C(C(C)(C)C)O3)oc2c1. The van der Waals surface area contributed by atoms with Crippen LogP contribution in [0.4, 0.5) is 5.69 Å². The van der Waals surface area contributed by atoms with Crippen LogP contribution in [0.3, 0.4) is 0 Å². The minimum Gasteiger partial charge on any atom is -0.461 e. The Balaban J connectivity index is 1.53. The van der Waals surface area contributed by atoms with Gasteiger partial charge in [-0.25, -0.2) is 0 Å². The second-order valence-electron chi connectivity index (χ2n) is 9.71. The molecule has 2 aromatic carbocycles. The van der Waals surface area contributed by atoms with Gasteiger partial charge in [-0.1, -0.05) is 45.0 Å². The van der Waals surface area contributed by atoms with E-state index in [4.69, 9.17) is 9.15 Å². The summed E-state index contributed by atoms with van der Waals surface area (Å²) in [5.41, 5.74) is 3.11. The number of hydrogen-bond donors (Lipinski definition) is 1. The van der Waals surface area contributed by atoms with Gasteiger partial charge in [0.1, 0.15) is 22.9 Å². The molecule has 2 heterocycles. The van der Waals surface area contributed by atoms with Gasteiger partial charge in [-0.3, -0.25) is 9.59 Å². The number of benzene rings is 2. The van der Waals surface area contributed by atoms with Crippen LogP contribution < -0.4 is 5.32 Å². The predicted octanol–water partition coefficient (Wildman–Crippen LogP) is 7.10.